The third kappa shape index (κ3) is 3.88. The summed E-state index contributed by atoms with van der Waals surface area (Å²) in [6.07, 6.45) is 0. The molecule has 0 atom stereocenters. The molecule has 0 aliphatic heterocycles. The Balaban J connectivity index is 2.54. The summed E-state index contributed by atoms with van der Waals surface area (Å²) in [6, 6.07) is 0. The number of hydrogen-bond acceptors (Lipinski definition) is 1. The van der Waals surface area contributed by atoms with E-state index in [1.807, 2.05) is 0 Å². The molecule has 0 aromatic rings. The monoisotopic (exact) mass is 80.0 g/mol. The van der Waals surface area contributed by atoms with Crippen LogP contribution in [-0.4, -0.2) is 14.6 Å². The maximum absolute atomic E-state index is 10.5. The van der Waals surface area contributed by atoms with Gasteiger partial charge in [0.05, 0.1) is 0 Å². The largest absolute Gasteiger partial charge is 0.720 e. The first kappa shape index (κ1) is 4.88. The van der Waals surface area contributed by atoms with Crippen molar-refractivity contribution in [3.63, 3.8) is 0 Å². The fourth-order valence-electron chi connectivity index (χ4n) is 0. The molecule has 0 saturated carbocycles. The fraction of sp³-hybridized carbons (Fsp3) is 1.00. The van der Waals surface area contributed by atoms with Crippen LogP contribution in [0.2, 0.25) is 0 Å². The third-order valence-electron chi connectivity index (χ3n) is 0.178. The molecule has 5 heavy (non-hydrogen) atoms. The highest BCUT2D eigenvalue weighted by Crippen LogP contribution is 1.80. The van der Waals surface area contributed by atoms with Crippen LogP contribution in [0.25, 0.3) is 0 Å². The quantitative estimate of drug-likeness (QED) is 0.418. The molecule has 0 fully saturated rings. The van der Waals surface area contributed by atoms with Gasteiger partial charge in [0, 0.05) is 7.11 Å². The maximum Gasteiger partial charge on any atom is 0.720 e. The van der Waals surface area contributed by atoms with Crippen molar-refractivity contribution in [2.75, 3.05) is 7.11 Å². The lowest BCUT2D eigenvalue weighted by atomic mass is 10.4. The molecule has 0 rings (SSSR count). The Morgan fingerprint density at radius 2 is 1.80 bits per heavy atom. The zero-order valence-corrected chi connectivity index (χ0v) is 2.74. The summed E-state index contributed by atoms with van der Waals surface area (Å²) in [5, 5.41) is 0. The molecule has 0 N–H and O–H groups in total. The lowest BCUT2D eigenvalue weighted by Crippen LogP contribution is -1.97. The summed E-state index contributed by atoms with van der Waals surface area (Å²) < 4.78 is 24.5. The van der Waals surface area contributed by atoms with E-state index in [1.165, 1.54) is 0 Å². The number of halogens is 2. The minimum Gasteiger partial charge on any atom is -0.382 e. The summed E-state index contributed by atoms with van der Waals surface area (Å²) in [7, 11) is -1.67. The normalized spacial score (nSPS) is 7.80. The molecule has 0 radical (unpaired) electrons. The van der Waals surface area contributed by atoms with Crippen LogP contribution >= 0.6 is 0 Å². The van der Waals surface area contributed by atoms with Crippen molar-refractivity contribution in [1.82, 2.24) is 0 Å². The van der Waals surface area contributed by atoms with Gasteiger partial charge in [-0.05, 0) is 0 Å². The summed E-state index contributed by atoms with van der Waals surface area (Å²) in [4.78, 5) is 0. The molecule has 0 aliphatic carbocycles. The van der Waals surface area contributed by atoms with Crippen LogP contribution in [0.5, 0.6) is 0 Å². The summed E-state index contributed by atoms with van der Waals surface area (Å²) in [6.45, 7) is 0. The molecule has 0 unspecified atom stereocenters. The second-order valence-electron chi connectivity index (χ2n) is 0.496. The van der Waals surface area contributed by atoms with Crippen LogP contribution in [0.3, 0.4) is 0 Å². The minimum atomic E-state index is -2.62. The maximum atomic E-state index is 10.5. The van der Waals surface area contributed by atoms with E-state index in [0.717, 1.165) is 7.11 Å². The Kier molecular flexibility index (Phi) is 2.09. The molecule has 4 heteroatoms. The molecule has 0 aromatic carbocycles. The van der Waals surface area contributed by atoms with Gasteiger partial charge in [-0.2, -0.15) is 0 Å². The van der Waals surface area contributed by atoms with E-state index in [1.54, 1.807) is 0 Å². The Hall–Kier alpha value is -0.115. The van der Waals surface area contributed by atoms with Gasteiger partial charge in [-0.3, -0.25) is 8.63 Å². The third-order valence-corrected chi connectivity index (χ3v) is 0.178. The molecular weight excluding hydrogens is 76.8 g/mol. The van der Waals surface area contributed by atoms with Gasteiger partial charge in [-0.25, -0.2) is 0 Å². The molecule has 30 valence electrons. The lowest BCUT2D eigenvalue weighted by molar-refractivity contribution is 0.326. The number of rotatable bonds is 1. The van der Waals surface area contributed by atoms with Gasteiger partial charge in [-0.15, -0.1) is 0 Å². The van der Waals surface area contributed by atoms with Gasteiger partial charge in [0.25, 0.3) is 0 Å². The molecule has 0 amide bonds. The predicted molar refractivity (Wildman–Crippen MR) is 15.0 cm³/mol. The smallest absolute Gasteiger partial charge is 0.382 e. The van der Waals surface area contributed by atoms with Crippen molar-refractivity contribution in [2.45, 2.75) is 0 Å². The van der Waals surface area contributed by atoms with Crippen molar-refractivity contribution < 1.29 is 13.3 Å². The topological polar surface area (TPSA) is 9.23 Å². The SMILES string of the molecule is COB(F)F. The Morgan fingerprint density at radius 3 is 1.80 bits per heavy atom. The van der Waals surface area contributed by atoms with Gasteiger partial charge in [0.2, 0.25) is 0 Å². The van der Waals surface area contributed by atoms with Crippen LogP contribution in [0, 0.1) is 0 Å². The molecule has 0 spiro atoms. The summed E-state index contributed by atoms with van der Waals surface area (Å²) in [5.74, 6) is 0. The van der Waals surface area contributed by atoms with Gasteiger partial charge in [0.1, 0.15) is 0 Å². The van der Waals surface area contributed by atoms with Crippen molar-refractivity contribution >= 4 is 7.47 Å². The molecule has 0 aliphatic rings. The molecular formula is CH3BF2O. The second-order valence-corrected chi connectivity index (χ2v) is 0.496. The zero-order chi connectivity index (χ0) is 4.28. The fourth-order valence-corrected chi connectivity index (χ4v) is 0. The molecule has 0 bridgehead atoms. The molecule has 1 nitrogen and oxygen atoms in total. The standard InChI is InChI=1S/CH3BF2O/c1-5-2(3)4/h1H3. The first-order chi connectivity index (χ1) is 2.27. The highest BCUT2D eigenvalue weighted by molar-refractivity contribution is 6.34. The van der Waals surface area contributed by atoms with Crippen molar-refractivity contribution in [1.29, 1.82) is 0 Å². The van der Waals surface area contributed by atoms with Crippen LogP contribution < -0.4 is 0 Å². The average molecular weight is 79.8 g/mol. The first-order valence-corrected chi connectivity index (χ1v) is 1.08. The molecule has 0 aromatic heterocycles. The Morgan fingerprint density at radius 1 is 1.60 bits per heavy atom. The summed E-state index contributed by atoms with van der Waals surface area (Å²) >= 11 is 0. The van der Waals surface area contributed by atoms with Crippen LogP contribution in [0.15, 0.2) is 0 Å². The van der Waals surface area contributed by atoms with E-state index < -0.39 is 7.47 Å². The first-order valence-electron chi connectivity index (χ1n) is 1.08. The van der Waals surface area contributed by atoms with Gasteiger partial charge in [-0.1, -0.05) is 0 Å². The highest BCUT2D eigenvalue weighted by atomic mass is 19.2. The van der Waals surface area contributed by atoms with Crippen molar-refractivity contribution in [2.24, 2.45) is 0 Å². The average Bonchev–Trinajstić information content (AvgIpc) is 1.38. The van der Waals surface area contributed by atoms with E-state index in [4.69, 9.17) is 0 Å². The minimum absolute atomic E-state index is 0.949. The second kappa shape index (κ2) is 2.14. The Labute approximate surface area is 29.1 Å². The lowest BCUT2D eigenvalue weighted by Gasteiger charge is -1.78. The van der Waals surface area contributed by atoms with Gasteiger partial charge < -0.3 is 4.65 Å². The van der Waals surface area contributed by atoms with Gasteiger partial charge >= 0.3 is 7.47 Å². The summed E-state index contributed by atoms with van der Waals surface area (Å²) in [5.41, 5.74) is 0. The Bertz CT molecular complexity index is 23.6. The molecule has 0 saturated heterocycles. The van der Waals surface area contributed by atoms with Gasteiger partial charge in [0.15, 0.2) is 0 Å². The van der Waals surface area contributed by atoms with Crippen LogP contribution in [-0.2, 0) is 4.65 Å². The van der Waals surface area contributed by atoms with E-state index in [-0.39, 0.29) is 0 Å². The number of hydrogen-bond donors (Lipinski definition) is 0. The highest BCUT2D eigenvalue weighted by Gasteiger charge is 2.08. The molecule has 0 heterocycles. The zero-order valence-electron chi connectivity index (χ0n) is 2.74. The van der Waals surface area contributed by atoms with Crippen LogP contribution in [0.1, 0.15) is 0 Å². The van der Waals surface area contributed by atoms with E-state index >= 15 is 0 Å². The predicted octanol–water partition coefficient (Wildman–Crippen LogP) is 0.557. The van der Waals surface area contributed by atoms with Crippen molar-refractivity contribution in [3.05, 3.63) is 0 Å². The van der Waals surface area contributed by atoms with Crippen LogP contribution in [0.4, 0.5) is 8.63 Å². The van der Waals surface area contributed by atoms with Crippen molar-refractivity contribution in [3.8, 4) is 0 Å². The van der Waals surface area contributed by atoms with E-state index in [0.29, 0.717) is 0 Å². The van der Waals surface area contributed by atoms with E-state index in [9.17, 15) is 8.63 Å². The van der Waals surface area contributed by atoms with E-state index in [2.05, 4.69) is 4.65 Å².